The molecule has 3 heteroatoms. The smallest absolute Gasteiger partial charge is 0.358 e. The second-order valence-electron chi connectivity index (χ2n) is 0.0639. The zero-order chi connectivity index (χ0) is 2.71. The summed E-state index contributed by atoms with van der Waals surface area (Å²) in [5.74, 6) is 0. The van der Waals surface area contributed by atoms with Crippen LogP contribution in [0.15, 0.2) is 0 Å². The van der Waals surface area contributed by atoms with Crippen LogP contribution in [0.25, 0.3) is 0 Å². The Morgan fingerprint density at radius 2 is 1.00 bits per heavy atom. The van der Waals surface area contributed by atoms with Crippen molar-refractivity contribution in [1.82, 2.24) is 0 Å². The Balaban J connectivity index is -0.0000000200. The van der Waals surface area contributed by atoms with Gasteiger partial charge in [-0.25, -0.2) is 0 Å². The van der Waals surface area contributed by atoms with Crippen molar-refractivity contribution >= 4 is 27.6 Å². The Morgan fingerprint density at radius 3 is 1.00 bits per heavy atom. The number of hydrogen-bond acceptors (Lipinski definition) is 0. The minimum Gasteiger partial charge on any atom is -0.358 e. The van der Waals surface area contributed by atoms with Crippen molar-refractivity contribution in [3.63, 3.8) is 0 Å². The maximum Gasteiger partial charge on any atom is -0.358 e. The molecule has 0 saturated carbocycles. The minimum atomic E-state index is 0. The molecule has 0 rings (SSSR count). The zero-order valence-corrected chi connectivity index (χ0v) is 7.77. The van der Waals surface area contributed by atoms with Gasteiger partial charge in [0.2, 0.25) is 0 Å². The average Bonchev–Trinajstić information content (AvgIpc) is 0.918. The van der Waals surface area contributed by atoms with Gasteiger partial charge in [0.1, 0.15) is 0 Å². The van der Waals surface area contributed by atoms with E-state index in [4.69, 9.17) is 0 Å². The summed E-state index contributed by atoms with van der Waals surface area (Å²) in [5.41, 5.74) is 0. The molecular formula is C2H6Br2V-2. The van der Waals surface area contributed by atoms with E-state index < -0.39 is 0 Å². The normalized spacial score (nSPS) is 2.80. The molecule has 0 amide bonds. The quantitative estimate of drug-likeness (QED) is 0.571. The molecule has 0 aliphatic rings. The van der Waals surface area contributed by atoms with Gasteiger partial charge in [0.25, 0.3) is 0 Å². The van der Waals surface area contributed by atoms with E-state index in [9.17, 15) is 0 Å². The van der Waals surface area contributed by atoms with Crippen LogP contribution >= 0.6 is 27.6 Å². The Labute approximate surface area is 54.7 Å². The van der Waals surface area contributed by atoms with Crippen LogP contribution in [-0.2, 0) is 12.5 Å². The molecule has 0 heterocycles. The molecule has 0 N–H and O–H groups in total. The summed E-state index contributed by atoms with van der Waals surface area (Å²) in [6, 6.07) is 0. The van der Waals surface area contributed by atoms with Gasteiger partial charge in [-0.1, -0.05) is 0 Å². The third-order valence-corrected chi connectivity index (χ3v) is 0. The summed E-state index contributed by atoms with van der Waals surface area (Å²) in [7, 11) is 0. The van der Waals surface area contributed by atoms with E-state index in [0.29, 0.717) is 12.5 Å². The largest absolute Gasteiger partial charge is 0.358 e. The molecule has 0 unspecified atom stereocenters. The van der Waals surface area contributed by atoms with Gasteiger partial charge < -0.3 is 14.9 Å². The molecule has 0 aromatic carbocycles. The van der Waals surface area contributed by atoms with E-state index in [0.717, 1.165) is 0 Å². The molecule has 0 bridgehead atoms. The van der Waals surface area contributed by atoms with Crippen LogP contribution in [0.4, 0.5) is 0 Å². The molecule has 0 nitrogen and oxygen atoms in total. The summed E-state index contributed by atoms with van der Waals surface area (Å²) < 4.78 is 0. The first kappa shape index (κ1) is 16.0. The van der Waals surface area contributed by atoms with Crippen molar-refractivity contribution in [3.05, 3.63) is 14.9 Å². The second kappa shape index (κ2) is 17.7. The molecule has 0 aromatic rings. The van der Waals surface area contributed by atoms with E-state index >= 15 is 0 Å². The number of hydrogen-bond donors (Lipinski definition) is 0. The first-order valence-electron chi connectivity index (χ1n) is 0.338. The molecule has 0 aliphatic heterocycles. The van der Waals surface area contributed by atoms with Gasteiger partial charge >= 0.3 is 40.1 Å². The molecule has 0 spiro atoms. The average molecular weight is 241 g/mol. The molecule has 0 saturated heterocycles. The molecule has 35 valence electrons. The summed E-state index contributed by atoms with van der Waals surface area (Å²) in [6.07, 6.45) is 0. The maximum atomic E-state index is 3.16. The van der Waals surface area contributed by atoms with Crippen molar-refractivity contribution in [1.29, 1.82) is 0 Å². The molecule has 0 aliphatic carbocycles. The monoisotopic (exact) mass is 239 g/mol. The van der Waals surface area contributed by atoms with E-state index in [1.807, 2.05) is 0 Å². The topological polar surface area (TPSA) is 0 Å². The molecule has 0 aromatic heterocycles. The molecule has 0 atom stereocenters. The van der Waals surface area contributed by atoms with Gasteiger partial charge in [-0.2, -0.15) is 0 Å². The van der Waals surface area contributed by atoms with Gasteiger partial charge in [-0.3, -0.25) is 0 Å². The van der Waals surface area contributed by atoms with Gasteiger partial charge in [-0.15, -0.1) is 0 Å². The summed E-state index contributed by atoms with van der Waals surface area (Å²) in [6.45, 7) is 0. The second-order valence-corrected chi connectivity index (χ2v) is 7.11. The van der Waals surface area contributed by atoms with E-state index in [1.165, 1.54) is 0 Å². The SMILES string of the molecule is [Br][V][Br].[CH3-].[CH3-]. The molecular weight excluding hydrogens is 235 g/mol. The third kappa shape index (κ3) is 29.2. The van der Waals surface area contributed by atoms with E-state index in [2.05, 4.69) is 27.6 Å². The predicted molar refractivity (Wildman–Crippen MR) is 30.7 cm³/mol. The minimum absolute atomic E-state index is 0. The van der Waals surface area contributed by atoms with Crippen molar-refractivity contribution in [2.45, 2.75) is 0 Å². The van der Waals surface area contributed by atoms with Crippen LogP contribution in [0.3, 0.4) is 0 Å². The molecule has 5 heavy (non-hydrogen) atoms. The number of rotatable bonds is 0. The Kier molecular flexibility index (Phi) is 56.6. The predicted octanol–water partition coefficient (Wildman–Crippen LogP) is 2.59. The van der Waals surface area contributed by atoms with Crippen LogP contribution in [0, 0.1) is 14.9 Å². The van der Waals surface area contributed by atoms with Crippen LogP contribution in [0.5, 0.6) is 0 Å². The Bertz CT molecular complexity index is 7.61. The fourth-order valence-corrected chi connectivity index (χ4v) is 0. The van der Waals surface area contributed by atoms with Crippen molar-refractivity contribution < 1.29 is 12.5 Å². The third-order valence-electron chi connectivity index (χ3n) is 0. The summed E-state index contributed by atoms with van der Waals surface area (Å²) >= 11 is 6.62. The fourth-order valence-electron chi connectivity index (χ4n) is 0. The van der Waals surface area contributed by atoms with E-state index in [1.54, 1.807) is 0 Å². The van der Waals surface area contributed by atoms with Gasteiger partial charge in [-0.05, 0) is 0 Å². The van der Waals surface area contributed by atoms with E-state index in [-0.39, 0.29) is 14.9 Å². The Hall–Kier alpha value is 1.54. The van der Waals surface area contributed by atoms with Gasteiger partial charge in [0.05, 0.1) is 0 Å². The molecule has 0 radical (unpaired) electrons. The van der Waals surface area contributed by atoms with Crippen molar-refractivity contribution in [2.75, 3.05) is 0 Å². The summed E-state index contributed by atoms with van der Waals surface area (Å²) in [5, 5.41) is 0. The summed E-state index contributed by atoms with van der Waals surface area (Å²) in [4.78, 5) is 0. The van der Waals surface area contributed by atoms with Crippen molar-refractivity contribution in [3.8, 4) is 0 Å². The van der Waals surface area contributed by atoms with Gasteiger partial charge in [0.15, 0.2) is 0 Å². The Morgan fingerprint density at radius 1 is 1.00 bits per heavy atom. The maximum absolute atomic E-state index is 3.16. The van der Waals surface area contributed by atoms with Crippen LogP contribution in [-0.4, -0.2) is 0 Å². The fraction of sp³-hybridized carbons (Fsp3) is 0. The van der Waals surface area contributed by atoms with Crippen LogP contribution in [0.1, 0.15) is 0 Å². The zero-order valence-electron chi connectivity index (χ0n) is 3.20. The van der Waals surface area contributed by atoms with Crippen LogP contribution < -0.4 is 0 Å². The van der Waals surface area contributed by atoms with Crippen molar-refractivity contribution in [2.24, 2.45) is 0 Å². The van der Waals surface area contributed by atoms with Crippen LogP contribution in [0.2, 0.25) is 0 Å². The standard InChI is InChI=1S/2CH3.2BrH.V/h2*1H3;2*1H;/q2*-1;;;+2/p-2. The number of halogens is 2. The first-order valence-corrected chi connectivity index (χ1v) is 7.24. The molecule has 0 fully saturated rings. The van der Waals surface area contributed by atoms with Gasteiger partial charge in [0, 0.05) is 0 Å². The first-order chi connectivity index (χ1) is 1.41.